The Bertz CT molecular complexity index is 360. The molecule has 13 heavy (non-hydrogen) atoms. The van der Waals surface area contributed by atoms with Crippen LogP contribution >= 0.6 is 10.7 Å². The number of halogens is 2. The predicted octanol–water partition coefficient (Wildman–Crippen LogP) is -3.11. The Kier molecular flexibility index (Phi) is 4.74. The van der Waals surface area contributed by atoms with Gasteiger partial charge in [0, 0.05) is 10.7 Å². The van der Waals surface area contributed by atoms with Crippen LogP contribution in [0.1, 0.15) is 0 Å². The second-order valence-corrected chi connectivity index (χ2v) is 5.46. The molecule has 76 valence electrons. The van der Waals surface area contributed by atoms with E-state index in [1.54, 1.807) is 17.1 Å². The third kappa shape index (κ3) is 5.13. The van der Waals surface area contributed by atoms with Crippen molar-refractivity contribution in [3.63, 3.8) is 0 Å². The molecule has 1 heterocycles. The molecule has 1 aromatic rings. The molecule has 0 atom stereocenters. The maximum Gasteiger partial charge on any atom is 0.243 e. The van der Waals surface area contributed by atoms with Gasteiger partial charge in [-0.15, -0.1) is 0 Å². The van der Waals surface area contributed by atoms with E-state index in [9.17, 15) is 8.42 Å². The molecule has 0 spiro atoms. The van der Waals surface area contributed by atoms with Gasteiger partial charge in [0.25, 0.3) is 0 Å². The maximum absolute atomic E-state index is 10.6. The third-order valence-corrected chi connectivity index (χ3v) is 2.55. The van der Waals surface area contributed by atoms with E-state index in [-0.39, 0.29) is 18.2 Å². The number of hydrogen-bond donors (Lipinski definition) is 0. The molecule has 0 amide bonds. The fourth-order valence-corrected chi connectivity index (χ4v) is 1.48. The van der Waals surface area contributed by atoms with Gasteiger partial charge in [0.2, 0.25) is 15.4 Å². The Morgan fingerprint density at radius 2 is 2.15 bits per heavy atom. The van der Waals surface area contributed by atoms with E-state index in [1.165, 1.54) is 0 Å². The molecule has 0 aromatic carbocycles. The van der Waals surface area contributed by atoms with Crippen molar-refractivity contribution in [1.29, 1.82) is 0 Å². The predicted molar refractivity (Wildman–Crippen MR) is 45.2 cm³/mol. The lowest BCUT2D eigenvalue weighted by atomic mass is 10.7. The van der Waals surface area contributed by atoms with Gasteiger partial charge in [0.05, 0.1) is 7.05 Å². The van der Waals surface area contributed by atoms with Crippen LogP contribution in [0.25, 0.3) is 0 Å². The fraction of sp³-hybridized carbons (Fsp3) is 0.500. The van der Waals surface area contributed by atoms with Gasteiger partial charge in [0.1, 0.15) is 24.7 Å². The normalized spacial score (nSPS) is 10.9. The zero-order valence-corrected chi connectivity index (χ0v) is 9.35. The molecule has 4 nitrogen and oxygen atoms in total. The van der Waals surface area contributed by atoms with E-state index in [0.29, 0.717) is 6.54 Å². The first-order chi connectivity index (χ1) is 5.47. The second kappa shape index (κ2) is 4.83. The first-order valence-corrected chi connectivity index (χ1v) is 5.88. The minimum absolute atomic E-state index is 0. The highest BCUT2D eigenvalue weighted by Crippen LogP contribution is 1.97. The Morgan fingerprint density at radius 1 is 1.54 bits per heavy atom. The summed E-state index contributed by atoms with van der Waals surface area (Å²) < 4.78 is 24.7. The first kappa shape index (κ1) is 12.7. The molecule has 0 bridgehead atoms. The van der Waals surface area contributed by atoms with Crippen molar-refractivity contribution < 1.29 is 25.4 Å². The molecule has 0 fully saturated rings. The van der Waals surface area contributed by atoms with E-state index in [2.05, 4.69) is 0 Å². The number of aryl methyl sites for hydroxylation is 2. The lowest BCUT2D eigenvalue weighted by Gasteiger charge is -1.91. The van der Waals surface area contributed by atoms with Gasteiger partial charge in [-0.3, -0.25) is 0 Å². The monoisotopic (exact) mass is 244 g/mol. The largest absolute Gasteiger partial charge is 1.00 e. The number of hydrogen-bond acceptors (Lipinski definition) is 2. The lowest BCUT2D eigenvalue weighted by Crippen LogP contribution is -3.00. The molecule has 0 saturated heterocycles. The van der Waals surface area contributed by atoms with Gasteiger partial charge >= 0.3 is 0 Å². The summed E-state index contributed by atoms with van der Waals surface area (Å²) in [5.74, 6) is -0.0385. The summed E-state index contributed by atoms with van der Waals surface area (Å²) in [6.07, 6.45) is 5.42. The van der Waals surface area contributed by atoms with Crippen molar-refractivity contribution in [2.45, 2.75) is 6.54 Å². The number of nitrogens with zero attached hydrogens (tertiary/aromatic N) is 2. The molecule has 0 aliphatic rings. The molecule has 1 aromatic heterocycles. The van der Waals surface area contributed by atoms with E-state index < -0.39 is 9.05 Å². The van der Waals surface area contributed by atoms with Crippen LogP contribution in [0, 0.1) is 0 Å². The smallest absolute Gasteiger partial charge is 0.243 e. The van der Waals surface area contributed by atoms with Gasteiger partial charge in [-0.2, -0.15) is 0 Å². The van der Waals surface area contributed by atoms with Crippen molar-refractivity contribution in [2.75, 3.05) is 5.75 Å². The molecular formula is C6H10Cl2N2O2S. The highest BCUT2D eigenvalue weighted by molar-refractivity contribution is 8.13. The molecule has 0 N–H and O–H groups in total. The summed E-state index contributed by atoms with van der Waals surface area (Å²) in [6.45, 7) is 0.396. The van der Waals surface area contributed by atoms with Gasteiger partial charge in [-0.05, 0) is 0 Å². The van der Waals surface area contributed by atoms with Gasteiger partial charge < -0.3 is 12.4 Å². The summed E-state index contributed by atoms with van der Waals surface area (Å²) >= 11 is 0. The van der Waals surface area contributed by atoms with Crippen LogP contribution in [-0.2, 0) is 22.6 Å². The molecule has 0 saturated carbocycles. The molecule has 0 radical (unpaired) electrons. The average molecular weight is 245 g/mol. The summed E-state index contributed by atoms with van der Waals surface area (Å²) in [7, 11) is 3.54. The Hall–Kier alpha value is -0.260. The lowest BCUT2D eigenvalue weighted by molar-refractivity contribution is -0.671. The van der Waals surface area contributed by atoms with Crippen LogP contribution in [0.5, 0.6) is 0 Å². The number of imidazole rings is 1. The zero-order chi connectivity index (χ0) is 9.19. The van der Waals surface area contributed by atoms with Gasteiger partial charge in [0.15, 0.2) is 0 Å². The second-order valence-electron chi connectivity index (χ2n) is 2.56. The summed E-state index contributed by atoms with van der Waals surface area (Å²) in [4.78, 5) is 0. The molecular weight excluding hydrogens is 235 g/mol. The number of rotatable bonds is 3. The number of aromatic nitrogens is 2. The van der Waals surface area contributed by atoms with Crippen molar-refractivity contribution in [2.24, 2.45) is 7.05 Å². The van der Waals surface area contributed by atoms with Gasteiger partial charge in [-0.25, -0.2) is 17.6 Å². The van der Waals surface area contributed by atoms with Crippen molar-refractivity contribution in [3.05, 3.63) is 18.7 Å². The Labute approximate surface area is 88.0 Å². The van der Waals surface area contributed by atoms with Crippen LogP contribution in [-0.4, -0.2) is 18.7 Å². The Balaban J connectivity index is 0.00000144. The van der Waals surface area contributed by atoms with Crippen molar-refractivity contribution in [1.82, 2.24) is 4.57 Å². The molecule has 0 aliphatic carbocycles. The third-order valence-electron chi connectivity index (χ3n) is 1.42. The molecule has 0 unspecified atom stereocenters. The average Bonchev–Trinajstić information content (AvgIpc) is 2.30. The van der Waals surface area contributed by atoms with Crippen LogP contribution in [0.15, 0.2) is 18.7 Å². The minimum Gasteiger partial charge on any atom is -1.00 e. The SMILES string of the molecule is C[n+]1ccn(CCS(=O)(=O)Cl)c1.[Cl-]. The minimum atomic E-state index is -3.37. The Morgan fingerprint density at radius 3 is 2.54 bits per heavy atom. The zero-order valence-electron chi connectivity index (χ0n) is 7.02. The van der Waals surface area contributed by atoms with Crippen molar-refractivity contribution in [3.8, 4) is 0 Å². The summed E-state index contributed by atoms with van der Waals surface area (Å²) in [5, 5.41) is 0. The molecule has 7 heteroatoms. The van der Waals surface area contributed by atoms with E-state index in [1.807, 2.05) is 17.8 Å². The summed E-state index contributed by atoms with van der Waals surface area (Å²) in [5.41, 5.74) is 0. The highest BCUT2D eigenvalue weighted by atomic mass is 35.7. The van der Waals surface area contributed by atoms with E-state index in [4.69, 9.17) is 10.7 Å². The standard InChI is InChI=1S/C6H10ClN2O2S.ClH/c1-8-2-3-9(6-8)4-5-12(7,10)11;/h2-3,6H,4-5H2,1H3;1H/q+1;/p-1. The quantitative estimate of drug-likeness (QED) is 0.418. The van der Waals surface area contributed by atoms with Gasteiger partial charge in [-0.1, -0.05) is 0 Å². The topological polar surface area (TPSA) is 43.0 Å². The van der Waals surface area contributed by atoms with Crippen molar-refractivity contribution >= 4 is 19.7 Å². The molecule has 0 aliphatic heterocycles. The van der Waals surface area contributed by atoms with E-state index >= 15 is 0 Å². The van der Waals surface area contributed by atoms with Crippen LogP contribution in [0.3, 0.4) is 0 Å². The first-order valence-electron chi connectivity index (χ1n) is 3.41. The highest BCUT2D eigenvalue weighted by Gasteiger charge is 2.08. The van der Waals surface area contributed by atoms with Crippen LogP contribution < -0.4 is 17.0 Å². The van der Waals surface area contributed by atoms with Crippen LogP contribution in [0.4, 0.5) is 0 Å². The summed E-state index contributed by atoms with van der Waals surface area (Å²) in [6, 6.07) is 0. The van der Waals surface area contributed by atoms with E-state index in [0.717, 1.165) is 0 Å². The van der Waals surface area contributed by atoms with Crippen LogP contribution in [0.2, 0.25) is 0 Å². The fourth-order valence-electron chi connectivity index (χ4n) is 0.848. The molecule has 1 rings (SSSR count). The maximum atomic E-state index is 10.6.